The second-order valence-corrected chi connectivity index (χ2v) is 2.99. The molecule has 0 spiro atoms. The number of nitriles is 1. The lowest BCUT2D eigenvalue weighted by molar-refractivity contribution is 0.346. The predicted octanol–water partition coefficient (Wildman–Crippen LogP) is 1.84. The first kappa shape index (κ1) is 11.5. The maximum Gasteiger partial charge on any atom is 0.174 e. The Bertz CT molecular complexity index is 360. The van der Waals surface area contributed by atoms with Gasteiger partial charge in [0.25, 0.3) is 0 Å². The Hall–Kier alpha value is -1.60. The molecule has 0 aliphatic carbocycles. The van der Waals surface area contributed by atoms with Crippen LogP contribution in [0.15, 0.2) is 18.2 Å². The van der Waals surface area contributed by atoms with Crippen LogP contribution in [0.4, 0.5) is 4.39 Å². The van der Waals surface area contributed by atoms with Crippen molar-refractivity contribution in [3.05, 3.63) is 29.6 Å². The first-order chi connectivity index (χ1) is 7.27. The molecule has 15 heavy (non-hydrogen) atoms. The summed E-state index contributed by atoms with van der Waals surface area (Å²) in [6, 6.07) is 6.52. The smallest absolute Gasteiger partial charge is 0.174 e. The van der Waals surface area contributed by atoms with Gasteiger partial charge in [0.05, 0.1) is 0 Å². The fraction of sp³-hybridized carbons (Fsp3) is 0.364. The summed E-state index contributed by atoms with van der Waals surface area (Å²) in [6.07, 6.45) is 0. The van der Waals surface area contributed by atoms with Gasteiger partial charge in [-0.15, -0.1) is 0 Å². The standard InChI is InChI=1S/C11H13FN2O/c1-2-14-8-9-3-4-11(10(12)7-9)15-6-5-13/h3-4,7,14H,2,6,8H2,1H3. The van der Waals surface area contributed by atoms with Crippen molar-refractivity contribution in [2.24, 2.45) is 0 Å². The average Bonchev–Trinajstić information content (AvgIpc) is 2.25. The monoisotopic (exact) mass is 208 g/mol. The summed E-state index contributed by atoms with van der Waals surface area (Å²) in [7, 11) is 0. The van der Waals surface area contributed by atoms with Gasteiger partial charge >= 0.3 is 0 Å². The van der Waals surface area contributed by atoms with Crippen molar-refractivity contribution in [2.75, 3.05) is 13.2 Å². The van der Waals surface area contributed by atoms with E-state index < -0.39 is 5.82 Å². The molecule has 0 radical (unpaired) electrons. The summed E-state index contributed by atoms with van der Waals surface area (Å²) < 4.78 is 18.2. The van der Waals surface area contributed by atoms with E-state index in [0.29, 0.717) is 6.54 Å². The van der Waals surface area contributed by atoms with E-state index in [9.17, 15) is 4.39 Å². The van der Waals surface area contributed by atoms with E-state index in [-0.39, 0.29) is 12.4 Å². The molecule has 1 N–H and O–H groups in total. The van der Waals surface area contributed by atoms with Crippen LogP contribution in [-0.4, -0.2) is 13.2 Å². The van der Waals surface area contributed by atoms with E-state index in [1.807, 2.05) is 6.92 Å². The van der Waals surface area contributed by atoms with Gasteiger partial charge in [-0.2, -0.15) is 5.26 Å². The van der Waals surface area contributed by atoms with E-state index in [1.54, 1.807) is 18.2 Å². The lowest BCUT2D eigenvalue weighted by atomic mass is 10.2. The maximum atomic E-state index is 13.3. The molecule has 4 heteroatoms. The van der Waals surface area contributed by atoms with Gasteiger partial charge in [0.15, 0.2) is 18.2 Å². The molecule has 0 saturated carbocycles. The second-order valence-electron chi connectivity index (χ2n) is 2.99. The van der Waals surface area contributed by atoms with Gasteiger partial charge in [0.2, 0.25) is 0 Å². The molecule has 0 unspecified atom stereocenters. The summed E-state index contributed by atoms with van der Waals surface area (Å²) in [6.45, 7) is 3.32. The van der Waals surface area contributed by atoms with E-state index in [1.165, 1.54) is 6.07 Å². The molecule has 80 valence electrons. The number of nitrogens with zero attached hydrogens (tertiary/aromatic N) is 1. The fourth-order valence-corrected chi connectivity index (χ4v) is 1.15. The van der Waals surface area contributed by atoms with Gasteiger partial charge in [-0.25, -0.2) is 4.39 Å². The molecule has 0 amide bonds. The normalized spacial score (nSPS) is 9.67. The quantitative estimate of drug-likeness (QED) is 0.803. The molecule has 0 saturated heterocycles. The molecule has 0 fully saturated rings. The largest absolute Gasteiger partial charge is 0.476 e. The van der Waals surface area contributed by atoms with Crippen molar-refractivity contribution in [3.8, 4) is 11.8 Å². The van der Waals surface area contributed by atoms with E-state index in [4.69, 9.17) is 10.00 Å². The van der Waals surface area contributed by atoms with Crippen molar-refractivity contribution in [1.29, 1.82) is 5.26 Å². The van der Waals surface area contributed by atoms with Crippen molar-refractivity contribution >= 4 is 0 Å². The molecule has 1 aromatic rings. The Balaban J connectivity index is 2.66. The number of benzene rings is 1. The van der Waals surface area contributed by atoms with E-state index in [0.717, 1.165) is 12.1 Å². The minimum Gasteiger partial charge on any atom is -0.476 e. The SMILES string of the molecule is CCNCc1ccc(OCC#N)c(F)c1. The maximum absolute atomic E-state index is 13.3. The van der Waals surface area contributed by atoms with Gasteiger partial charge in [0, 0.05) is 6.54 Å². The van der Waals surface area contributed by atoms with E-state index in [2.05, 4.69) is 5.32 Å². The Morgan fingerprint density at radius 2 is 2.33 bits per heavy atom. The van der Waals surface area contributed by atoms with Crippen LogP contribution in [0, 0.1) is 17.1 Å². The molecule has 3 nitrogen and oxygen atoms in total. The summed E-state index contributed by atoms with van der Waals surface area (Å²) in [4.78, 5) is 0. The molecule has 0 heterocycles. The van der Waals surface area contributed by atoms with Gasteiger partial charge in [0.1, 0.15) is 6.07 Å². The first-order valence-corrected chi connectivity index (χ1v) is 4.76. The average molecular weight is 208 g/mol. The summed E-state index contributed by atoms with van der Waals surface area (Å²) >= 11 is 0. The zero-order chi connectivity index (χ0) is 11.1. The highest BCUT2D eigenvalue weighted by molar-refractivity contribution is 5.29. The Morgan fingerprint density at radius 3 is 2.93 bits per heavy atom. The minimum absolute atomic E-state index is 0.122. The number of nitrogens with one attached hydrogen (secondary N) is 1. The van der Waals surface area contributed by atoms with E-state index >= 15 is 0 Å². The summed E-state index contributed by atoms with van der Waals surface area (Å²) in [5, 5.41) is 11.4. The van der Waals surface area contributed by atoms with Gasteiger partial charge < -0.3 is 10.1 Å². The minimum atomic E-state index is -0.430. The zero-order valence-corrected chi connectivity index (χ0v) is 8.59. The van der Waals surface area contributed by atoms with Crippen LogP contribution in [-0.2, 0) is 6.54 Å². The van der Waals surface area contributed by atoms with Crippen LogP contribution in [0.1, 0.15) is 12.5 Å². The highest BCUT2D eigenvalue weighted by Gasteiger charge is 2.03. The second kappa shape index (κ2) is 5.99. The highest BCUT2D eigenvalue weighted by Crippen LogP contribution is 2.18. The highest BCUT2D eigenvalue weighted by atomic mass is 19.1. The van der Waals surface area contributed by atoms with Crippen molar-refractivity contribution in [2.45, 2.75) is 13.5 Å². The van der Waals surface area contributed by atoms with Crippen LogP contribution in [0.5, 0.6) is 5.75 Å². The third-order valence-corrected chi connectivity index (χ3v) is 1.87. The number of hydrogen-bond acceptors (Lipinski definition) is 3. The number of rotatable bonds is 5. The molecule has 0 bridgehead atoms. The van der Waals surface area contributed by atoms with Crippen LogP contribution in [0.2, 0.25) is 0 Å². The topological polar surface area (TPSA) is 45.0 Å². The molecule has 0 atom stereocenters. The Labute approximate surface area is 88.5 Å². The van der Waals surface area contributed by atoms with Crippen LogP contribution in [0.3, 0.4) is 0 Å². The van der Waals surface area contributed by atoms with Crippen LogP contribution >= 0.6 is 0 Å². The molecule has 0 aliphatic rings. The third kappa shape index (κ3) is 3.56. The molecule has 1 rings (SSSR count). The van der Waals surface area contributed by atoms with Crippen molar-refractivity contribution in [1.82, 2.24) is 5.32 Å². The van der Waals surface area contributed by atoms with Gasteiger partial charge in [-0.1, -0.05) is 13.0 Å². The molecular formula is C11H13FN2O. The molecule has 1 aromatic carbocycles. The molecule has 0 aliphatic heterocycles. The van der Waals surface area contributed by atoms with Gasteiger partial charge in [-0.05, 0) is 24.2 Å². The lowest BCUT2D eigenvalue weighted by Crippen LogP contribution is -2.11. The number of halogens is 1. The fourth-order valence-electron chi connectivity index (χ4n) is 1.15. The lowest BCUT2D eigenvalue weighted by Gasteiger charge is -2.06. The zero-order valence-electron chi connectivity index (χ0n) is 8.59. The summed E-state index contributed by atoms with van der Waals surface area (Å²) in [5.74, 6) is -0.308. The Morgan fingerprint density at radius 1 is 1.53 bits per heavy atom. The van der Waals surface area contributed by atoms with Gasteiger partial charge in [-0.3, -0.25) is 0 Å². The van der Waals surface area contributed by atoms with Crippen LogP contribution < -0.4 is 10.1 Å². The first-order valence-electron chi connectivity index (χ1n) is 4.76. The summed E-state index contributed by atoms with van der Waals surface area (Å²) in [5.41, 5.74) is 0.860. The molecular weight excluding hydrogens is 195 g/mol. The molecule has 0 aromatic heterocycles. The Kier molecular flexibility index (Phi) is 4.58. The van der Waals surface area contributed by atoms with Crippen LogP contribution in [0.25, 0.3) is 0 Å². The van der Waals surface area contributed by atoms with Crippen molar-refractivity contribution in [3.63, 3.8) is 0 Å². The van der Waals surface area contributed by atoms with Crippen molar-refractivity contribution < 1.29 is 9.13 Å². The number of hydrogen-bond donors (Lipinski definition) is 1. The number of ether oxygens (including phenoxy) is 1. The third-order valence-electron chi connectivity index (χ3n) is 1.87. The predicted molar refractivity (Wildman–Crippen MR) is 54.9 cm³/mol.